The maximum absolute atomic E-state index is 11.6. The maximum atomic E-state index is 11.6. The van der Waals surface area contributed by atoms with Gasteiger partial charge >= 0.3 is 5.97 Å². The molecular weight excluding hydrogens is 226 g/mol. The van der Waals surface area contributed by atoms with E-state index >= 15 is 0 Å². The van der Waals surface area contributed by atoms with Gasteiger partial charge in [-0.1, -0.05) is 18.2 Å². The smallest absolute Gasteiger partial charge is 0.311 e. The largest absolute Gasteiger partial charge is 0.466 e. The van der Waals surface area contributed by atoms with Crippen LogP contribution in [0.5, 0.6) is 0 Å². The quantitative estimate of drug-likeness (QED) is 0.773. The lowest BCUT2D eigenvalue weighted by atomic mass is 10.2. The molecule has 0 aliphatic carbocycles. The Morgan fingerprint density at radius 2 is 1.89 bits per heavy atom. The fraction of sp³-hybridized carbons (Fsp3) is 0.267. The van der Waals surface area contributed by atoms with Gasteiger partial charge in [0.05, 0.1) is 13.0 Å². The van der Waals surface area contributed by atoms with Crippen molar-refractivity contribution < 1.29 is 9.53 Å². The lowest BCUT2D eigenvalue weighted by molar-refractivity contribution is -0.142. The summed E-state index contributed by atoms with van der Waals surface area (Å²) in [5, 5.41) is 0. The summed E-state index contributed by atoms with van der Waals surface area (Å²) in [6.07, 6.45) is 0.302. The van der Waals surface area contributed by atoms with Crippen molar-refractivity contribution in [2.24, 2.45) is 0 Å². The van der Waals surface area contributed by atoms with E-state index in [2.05, 4.69) is 4.57 Å². The van der Waals surface area contributed by atoms with Gasteiger partial charge < -0.3 is 9.30 Å². The van der Waals surface area contributed by atoms with Crippen LogP contribution in [0.25, 0.3) is 5.69 Å². The molecule has 2 aromatic rings. The summed E-state index contributed by atoms with van der Waals surface area (Å²) >= 11 is 0. The SMILES string of the molecule is CCOC(=O)Cc1ccc(C)n1-c1ccccc1. The van der Waals surface area contributed by atoms with Gasteiger partial charge in [0.25, 0.3) is 0 Å². The van der Waals surface area contributed by atoms with E-state index < -0.39 is 0 Å². The van der Waals surface area contributed by atoms with Gasteiger partial charge in [-0.25, -0.2) is 0 Å². The van der Waals surface area contributed by atoms with Crippen molar-refractivity contribution >= 4 is 5.97 Å². The second-order valence-electron chi connectivity index (χ2n) is 4.12. The number of carbonyl (C=O) groups is 1. The van der Waals surface area contributed by atoms with Crippen LogP contribution >= 0.6 is 0 Å². The molecule has 0 saturated carbocycles. The number of esters is 1. The van der Waals surface area contributed by atoms with Crippen molar-refractivity contribution in [1.82, 2.24) is 4.57 Å². The minimum Gasteiger partial charge on any atom is -0.466 e. The molecule has 0 saturated heterocycles. The molecule has 0 radical (unpaired) electrons. The minimum atomic E-state index is -0.187. The number of nitrogens with zero attached hydrogens (tertiary/aromatic N) is 1. The predicted molar refractivity (Wildman–Crippen MR) is 70.8 cm³/mol. The first-order valence-electron chi connectivity index (χ1n) is 6.10. The molecule has 0 unspecified atom stereocenters. The van der Waals surface area contributed by atoms with Crippen molar-refractivity contribution in [2.45, 2.75) is 20.3 Å². The summed E-state index contributed by atoms with van der Waals surface area (Å²) in [6.45, 7) is 4.27. The Labute approximate surface area is 107 Å². The van der Waals surface area contributed by atoms with Gasteiger partial charge in [-0.15, -0.1) is 0 Å². The molecule has 3 nitrogen and oxygen atoms in total. The molecule has 0 N–H and O–H groups in total. The van der Waals surface area contributed by atoms with Crippen molar-refractivity contribution in [1.29, 1.82) is 0 Å². The standard InChI is InChI=1S/C15H17NO2/c1-3-18-15(17)11-14-10-9-12(2)16(14)13-7-5-4-6-8-13/h4-10H,3,11H2,1-2H3. The third-order valence-electron chi connectivity index (χ3n) is 2.80. The number of aromatic nitrogens is 1. The molecule has 1 heterocycles. The highest BCUT2D eigenvalue weighted by molar-refractivity contribution is 5.72. The monoisotopic (exact) mass is 243 g/mol. The van der Waals surface area contributed by atoms with E-state index in [0.717, 1.165) is 17.1 Å². The Balaban J connectivity index is 2.31. The molecule has 0 atom stereocenters. The number of benzene rings is 1. The van der Waals surface area contributed by atoms with Crippen molar-refractivity contribution in [2.75, 3.05) is 6.61 Å². The zero-order valence-electron chi connectivity index (χ0n) is 10.7. The van der Waals surface area contributed by atoms with E-state index in [0.29, 0.717) is 13.0 Å². The van der Waals surface area contributed by atoms with Crippen LogP contribution in [0.4, 0.5) is 0 Å². The first-order chi connectivity index (χ1) is 8.72. The number of para-hydroxylation sites is 1. The Kier molecular flexibility index (Phi) is 3.82. The summed E-state index contributed by atoms with van der Waals surface area (Å²) in [7, 11) is 0. The molecule has 18 heavy (non-hydrogen) atoms. The van der Waals surface area contributed by atoms with Crippen LogP contribution in [0.2, 0.25) is 0 Å². The molecule has 0 aliphatic rings. The molecule has 0 bridgehead atoms. The van der Waals surface area contributed by atoms with Gasteiger partial charge in [0, 0.05) is 17.1 Å². The maximum Gasteiger partial charge on any atom is 0.311 e. The number of hydrogen-bond acceptors (Lipinski definition) is 2. The number of carbonyl (C=O) groups excluding carboxylic acids is 1. The molecule has 1 aromatic heterocycles. The molecule has 0 amide bonds. The number of aryl methyl sites for hydroxylation is 1. The summed E-state index contributed by atoms with van der Waals surface area (Å²) < 4.78 is 7.07. The highest BCUT2D eigenvalue weighted by Gasteiger charge is 2.11. The Morgan fingerprint density at radius 3 is 2.56 bits per heavy atom. The average molecular weight is 243 g/mol. The van der Waals surface area contributed by atoms with Crippen molar-refractivity contribution in [3.63, 3.8) is 0 Å². The summed E-state index contributed by atoms with van der Waals surface area (Å²) in [4.78, 5) is 11.6. The van der Waals surface area contributed by atoms with Crippen LogP contribution in [0.1, 0.15) is 18.3 Å². The number of rotatable bonds is 4. The van der Waals surface area contributed by atoms with Crippen molar-refractivity contribution in [3.8, 4) is 5.69 Å². The minimum absolute atomic E-state index is 0.187. The third kappa shape index (κ3) is 2.62. The van der Waals surface area contributed by atoms with E-state index in [9.17, 15) is 4.79 Å². The van der Waals surface area contributed by atoms with E-state index in [-0.39, 0.29) is 5.97 Å². The zero-order valence-corrected chi connectivity index (χ0v) is 10.7. The summed E-state index contributed by atoms with van der Waals surface area (Å²) in [5.74, 6) is -0.187. The Hall–Kier alpha value is -2.03. The first-order valence-corrected chi connectivity index (χ1v) is 6.10. The summed E-state index contributed by atoms with van der Waals surface area (Å²) in [5.41, 5.74) is 3.14. The van der Waals surface area contributed by atoms with E-state index in [4.69, 9.17) is 4.74 Å². The molecule has 0 fully saturated rings. The molecular formula is C15H17NO2. The van der Waals surface area contributed by atoms with Crippen LogP contribution in [0.15, 0.2) is 42.5 Å². The second-order valence-corrected chi connectivity index (χ2v) is 4.12. The van der Waals surface area contributed by atoms with Gasteiger partial charge in [0.15, 0.2) is 0 Å². The van der Waals surface area contributed by atoms with Crippen LogP contribution in [0, 0.1) is 6.92 Å². The van der Waals surface area contributed by atoms with Crippen molar-refractivity contribution in [3.05, 3.63) is 53.9 Å². The number of hydrogen-bond donors (Lipinski definition) is 0. The highest BCUT2D eigenvalue weighted by Crippen LogP contribution is 2.17. The van der Waals surface area contributed by atoms with Gasteiger partial charge in [0.1, 0.15) is 0 Å². The van der Waals surface area contributed by atoms with E-state index in [1.165, 1.54) is 0 Å². The second kappa shape index (κ2) is 5.54. The molecule has 3 heteroatoms. The van der Waals surface area contributed by atoms with Crippen LogP contribution in [0.3, 0.4) is 0 Å². The Bertz CT molecular complexity index is 529. The van der Waals surface area contributed by atoms with Gasteiger partial charge in [0.2, 0.25) is 0 Å². The fourth-order valence-corrected chi connectivity index (χ4v) is 2.04. The van der Waals surface area contributed by atoms with Gasteiger partial charge in [-0.2, -0.15) is 0 Å². The fourth-order valence-electron chi connectivity index (χ4n) is 2.04. The zero-order chi connectivity index (χ0) is 13.0. The molecule has 0 aliphatic heterocycles. The highest BCUT2D eigenvalue weighted by atomic mass is 16.5. The lowest BCUT2D eigenvalue weighted by Gasteiger charge is -2.11. The van der Waals surface area contributed by atoms with Crippen LogP contribution in [-0.4, -0.2) is 17.1 Å². The first kappa shape index (κ1) is 12.4. The molecule has 94 valence electrons. The summed E-state index contributed by atoms with van der Waals surface area (Å²) in [6, 6.07) is 14.0. The average Bonchev–Trinajstić information content (AvgIpc) is 2.72. The molecule has 2 rings (SSSR count). The normalized spacial score (nSPS) is 10.3. The Morgan fingerprint density at radius 1 is 1.17 bits per heavy atom. The van der Waals surface area contributed by atoms with Crippen LogP contribution in [-0.2, 0) is 16.0 Å². The predicted octanol–water partition coefficient (Wildman–Crippen LogP) is 2.89. The topological polar surface area (TPSA) is 31.2 Å². The third-order valence-corrected chi connectivity index (χ3v) is 2.80. The van der Waals surface area contributed by atoms with Crippen LogP contribution < -0.4 is 0 Å². The van der Waals surface area contributed by atoms with Gasteiger partial charge in [-0.3, -0.25) is 4.79 Å². The molecule has 0 spiro atoms. The lowest BCUT2D eigenvalue weighted by Crippen LogP contribution is -2.11. The number of ether oxygens (including phenoxy) is 1. The van der Waals surface area contributed by atoms with E-state index in [1.54, 1.807) is 0 Å². The molecule has 1 aromatic carbocycles. The van der Waals surface area contributed by atoms with Gasteiger partial charge in [-0.05, 0) is 38.1 Å². The van der Waals surface area contributed by atoms with E-state index in [1.807, 2.05) is 56.3 Å².